The number of hydrogen-bond acceptors (Lipinski definition) is 2. The van der Waals surface area contributed by atoms with Crippen molar-refractivity contribution >= 4 is 17.5 Å². The van der Waals surface area contributed by atoms with Crippen LogP contribution < -0.4 is 4.74 Å². The minimum absolute atomic E-state index is 0.0891. The number of carbonyl (C=O) groups excluding carboxylic acids is 1. The number of hydrogen-bond donors (Lipinski definition) is 0. The molecule has 4 aromatic rings. The number of methoxy groups -OCH3 is 1. The molecule has 0 atom stereocenters. The number of likely N-dealkylation sites (tertiary alicyclic amines) is 1. The van der Waals surface area contributed by atoms with Crippen LogP contribution in [-0.4, -0.2) is 35.6 Å². The van der Waals surface area contributed by atoms with Gasteiger partial charge in [0.25, 0.3) is 5.91 Å². The number of benzene rings is 3. The summed E-state index contributed by atoms with van der Waals surface area (Å²) in [6.45, 7) is 3.57. The largest absolute Gasteiger partial charge is 0.497 e. The van der Waals surface area contributed by atoms with Gasteiger partial charge in [0.2, 0.25) is 0 Å². The van der Waals surface area contributed by atoms with E-state index in [2.05, 4.69) is 34.9 Å². The van der Waals surface area contributed by atoms with Crippen molar-refractivity contribution in [1.82, 2.24) is 9.47 Å². The highest BCUT2D eigenvalue weighted by molar-refractivity contribution is 6.32. The summed E-state index contributed by atoms with van der Waals surface area (Å²) < 4.78 is 7.44. The van der Waals surface area contributed by atoms with Crippen LogP contribution >= 0.6 is 11.6 Å². The van der Waals surface area contributed by atoms with E-state index in [9.17, 15) is 4.79 Å². The topological polar surface area (TPSA) is 34.5 Å². The standard InChI is InChI=1S/C31H31ClN2O2/c1-22-27(31(35)33-18-16-24(17-19-33)20-23-8-4-3-5-9-23)21-30(25-12-14-26(36-2)15-13-25)34(22)29-11-7-6-10-28(29)32/h3-15,21,24H,16-20H2,1-2H3. The van der Waals surface area contributed by atoms with Crippen molar-refractivity contribution in [2.45, 2.75) is 26.2 Å². The monoisotopic (exact) mass is 498 g/mol. The zero-order valence-electron chi connectivity index (χ0n) is 20.8. The Balaban J connectivity index is 1.43. The van der Waals surface area contributed by atoms with Gasteiger partial charge in [-0.15, -0.1) is 0 Å². The highest BCUT2D eigenvalue weighted by Crippen LogP contribution is 2.34. The fourth-order valence-electron chi connectivity index (χ4n) is 5.20. The molecule has 184 valence electrons. The molecule has 5 heteroatoms. The predicted molar refractivity (Wildman–Crippen MR) is 146 cm³/mol. The molecule has 1 fully saturated rings. The molecule has 1 saturated heterocycles. The van der Waals surface area contributed by atoms with Crippen LogP contribution in [0.1, 0.15) is 34.5 Å². The van der Waals surface area contributed by atoms with Gasteiger partial charge in [-0.1, -0.05) is 54.1 Å². The fraction of sp³-hybridized carbons (Fsp3) is 0.258. The van der Waals surface area contributed by atoms with Crippen molar-refractivity contribution in [3.63, 3.8) is 0 Å². The Morgan fingerprint density at radius 3 is 2.28 bits per heavy atom. The van der Waals surface area contributed by atoms with E-state index in [0.717, 1.165) is 66.3 Å². The van der Waals surface area contributed by atoms with Gasteiger partial charge in [0.15, 0.2) is 0 Å². The van der Waals surface area contributed by atoms with Crippen LogP contribution in [0.15, 0.2) is 84.9 Å². The summed E-state index contributed by atoms with van der Waals surface area (Å²) in [7, 11) is 1.66. The molecule has 1 aliphatic heterocycles. The highest BCUT2D eigenvalue weighted by Gasteiger charge is 2.28. The van der Waals surface area contributed by atoms with E-state index in [1.807, 2.05) is 66.4 Å². The van der Waals surface area contributed by atoms with E-state index in [-0.39, 0.29) is 5.91 Å². The Bertz CT molecular complexity index is 1340. The molecule has 1 aliphatic rings. The van der Waals surface area contributed by atoms with Crippen LogP contribution in [0.4, 0.5) is 0 Å². The van der Waals surface area contributed by atoms with Gasteiger partial charge in [-0.25, -0.2) is 0 Å². The quantitative estimate of drug-likeness (QED) is 0.281. The summed E-state index contributed by atoms with van der Waals surface area (Å²) in [4.78, 5) is 15.8. The second-order valence-corrected chi connectivity index (χ2v) is 9.88. The maximum absolute atomic E-state index is 13.8. The van der Waals surface area contributed by atoms with Crippen molar-refractivity contribution in [3.8, 4) is 22.7 Å². The van der Waals surface area contributed by atoms with Gasteiger partial charge in [-0.05, 0) is 85.7 Å². The number of rotatable bonds is 6. The lowest BCUT2D eigenvalue weighted by atomic mass is 9.90. The van der Waals surface area contributed by atoms with Crippen molar-refractivity contribution in [3.05, 3.63) is 107 Å². The number of halogens is 1. The highest BCUT2D eigenvalue weighted by atomic mass is 35.5. The molecule has 0 N–H and O–H groups in total. The number of ether oxygens (including phenoxy) is 1. The lowest BCUT2D eigenvalue weighted by Crippen LogP contribution is -2.39. The van der Waals surface area contributed by atoms with Crippen LogP contribution in [-0.2, 0) is 6.42 Å². The van der Waals surface area contributed by atoms with Gasteiger partial charge < -0.3 is 14.2 Å². The summed E-state index contributed by atoms with van der Waals surface area (Å²) in [5.74, 6) is 1.49. The maximum Gasteiger partial charge on any atom is 0.255 e. The summed E-state index contributed by atoms with van der Waals surface area (Å²) in [6, 6.07) is 28.3. The van der Waals surface area contributed by atoms with Crippen molar-refractivity contribution in [1.29, 1.82) is 0 Å². The molecule has 0 radical (unpaired) electrons. The molecular weight excluding hydrogens is 468 g/mol. The molecule has 1 aromatic heterocycles. The van der Waals surface area contributed by atoms with Gasteiger partial charge in [0.1, 0.15) is 5.75 Å². The Morgan fingerprint density at radius 2 is 1.61 bits per heavy atom. The van der Waals surface area contributed by atoms with Crippen molar-refractivity contribution < 1.29 is 9.53 Å². The Labute approximate surface area is 218 Å². The number of nitrogens with zero attached hydrogens (tertiary/aromatic N) is 2. The number of aromatic nitrogens is 1. The first-order chi connectivity index (χ1) is 17.5. The molecule has 2 heterocycles. The van der Waals surface area contributed by atoms with Crippen LogP contribution in [0.5, 0.6) is 5.75 Å². The fourth-order valence-corrected chi connectivity index (χ4v) is 5.42. The third-order valence-corrected chi connectivity index (χ3v) is 7.55. The minimum atomic E-state index is 0.0891. The number of amides is 1. The molecule has 4 nitrogen and oxygen atoms in total. The summed E-state index contributed by atoms with van der Waals surface area (Å²) >= 11 is 6.62. The Kier molecular flexibility index (Phi) is 7.15. The normalized spacial score (nSPS) is 14.1. The first-order valence-electron chi connectivity index (χ1n) is 12.5. The van der Waals surface area contributed by atoms with Crippen LogP contribution in [0.3, 0.4) is 0 Å². The van der Waals surface area contributed by atoms with Crippen LogP contribution in [0.25, 0.3) is 16.9 Å². The van der Waals surface area contributed by atoms with E-state index in [1.54, 1.807) is 7.11 Å². The van der Waals surface area contributed by atoms with Crippen LogP contribution in [0, 0.1) is 12.8 Å². The molecule has 1 amide bonds. The third-order valence-electron chi connectivity index (χ3n) is 7.23. The number of para-hydroxylation sites is 1. The predicted octanol–water partition coefficient (Wildman–Crippen LogP) is 7.21. The van der Waals surface area contributed by atoms with Gasteiger partial charge in [-0.2, -0.15) is 0 Å². The van der Waals surface area contributed by atoms with Gasteiger partial charge >= 0.3 is 0 Å². The zero-order valence-corrected chi connectivity index (χ0v) is 21.5. The summed E-state index contributed by atoms with van der Waals surface area (Å²) in [5, 5.41) is 0.645. The third kappa shape index (κ3) is 4.91. The van der Waals surface area contributed by atoms with E-state index < -0.39 is 0 Å². The van der Waals surface area contributed by atoms with Gasteiger partial charge in [-0.3, -0.25) is 4.79 Å². The molecule has 5 rings (SSSR count). The lowest BCUT2D eigenvalue weighted by molar-refractivity contribution is 0.0690. The van der Waals surface area contributed by atoms with E-state index in [0.29, 0.717) is 10.9 Å². The summed E-state index contributed by atoms with van der Waals surface area (Å²) in [5.41, 5.74) is 5.79. The first-order valence-corrected chi connectivity index (χ1v) is 12.9. The van der Waals surface area contributed by atoms with Gasteiger partial charge in [0.05, 0.1) is 29.1 Å². The average molecular weight is 499 g/mol. The van der Waals surface area contributed by atoms with Gasteiger partial charge in [0, 0.05) is 18.8 Å². The average Bonchev–Trinajstić information content (AvgIpc) is 3.26. The second kappa shape index (κ2) is 10.6. The molecule has 3 aromatic carbocycles. The van der Waals surface area contributed by atoms with Crippen molar-refractivity contribution in [2.75, 3.05) is 20.2 Å². The molecular formula is C31H31ClN2O2. The second-order valence-electron chi connectivity index (χ2n) is 9.47. The van der Waals surface area contributed by atoms with E-state index in [1.165, 1.54) is 5.56 Å². The van der Waals surface area contributed by atoms with Crippen LogP contribution in [0.2, 0.25) is 5.02 Å². The first kappa shape index (κ1) is 24.2. The summed E-state index contributed by atoms with van der Waals surface area (Å²) in [6.07, 6.45) is 3.12. The molecule has 36 heavy (non-hydrogen) atoms. The smallest absolute Gasteiger partial charge is 0.255 e. The number of piperidine rings is 1. The maximum atomic E-state index is 13.8. The SMILES string of the molecule is COc1ccc(-c2cc(C(=O)N3CCC(Cc4ccccc4)CC3)c(C)n2-c2ccccc2Cl)cc1. The minimum Gasteiger partial charge on any atom is -0.497 e. The molecule has 0 spiro atoms. The molecule has 0 bridgehead atoms. The van der Waals surface area contributed by atoms with E-state index in [4.69, 9.17) is 16.3 Å². The molecule has 0 unspecified atom stereocenters. The van der Waals surface area contributed by atoms with Crippen molar-refractivity contribution in [2.24, 2.45) is 5.92 Å². The lowest BCUT2D eigenvalue weighted by Gasteiger charge is -2.32. The number of carbonyl (C=O) groups is 1. The molecule has 0 aliphatic carbocycles. The Hall–Kier alpha value is -3.50. The zero-order chi connectivity index (χ0) is 25.1. The molecule has 0 saturated carbocycles. The van der Waals surface area contributed by atoms with E-state index >= 15 is 0 Å². The Morgan fingerprint density at radius 1 is 0.944 bits per heavy atom.